The molecule has 0 bridgehead atoms. The molecule has 1 saturated heterocycles. The molecule has 5 heteroatoms. The number of likely N-dealkylation sites (tertiary alicyclic amines) is 1. The fraction of sp³-hybridized carbons (Fsp3) is 0.632. The van der Waals surface area contributed by atoms with Gasteiger partial charge in [-0.25, -0.2) is 9.67 Å². The van der Waals surface area contributed by atoms with Crippen LogP contribution in [0, 0.1) is 5.92 Å². The molecule has 0 aromatic carbocycles. The van der Waals surface area contributed by atoms with E-state index in [4.69, 9.17) is 0 Å². The molecule has 2 fully saturated rings. The Kier molecular flexibility index (Phi) is 4.02. The zero-order valence-electron chi connectivity index (χ0n) is 14.6. The molecule has 1 amide bonds. The van der Waals surface area contributed by atoms with Gasteiger partial charge < -0.3 is 4.90 Å². The molecule has 3 heterocycles. The van der Waals surface area contributed by atoms with Crippen molar-refractivity contribution in [1.82, 2.24) is 19.7 Å². The number of nitrogens with zero attached hydrogens (tertiary/aromatic N) is 4. The molecule has 0 spiro atoms. The average molecular weight is 326 g/mol. The normalized spacial score (nSPS) is 22.1. The third kappa shape index (κ3) is 2.60. The van der Waals surface area contributed by atoms with Crippen LogP contribution in [0.2, 0.25) is 0 Å². The van der Waals surface area contributed by atoms with Gasteiger partial charge in [-0.05, 0) is 37.7 Å². The smallest absolute Gasteiger partial charge is 0.255 e. The number of rotatable bonds is 3. The van der Waals surface area contributed by atoms with E-state index in [2.05, 4.69) is 28.6 Å². The van der Waals surface area contributed by atoms with Crippen molar-refractivity contribution in [3.8, 4) is 0 Å². The van der Waals surface area contributed by atoms with E-state index >= 15 is 0 Å². The van der Waals surface area contributed by atoms with Gasteiger partial charge in [-0.1, -0.05) is 26.7 Å². The summed E-state index contributed by atoms with van der Waals surface area (Å²) in [5.74, 6) is 0.618. The molecule has 24 heavy (non-hydrogen) atoms. The Morgan fingerprint density at radius 2 is 1.96 bits per heavy atom. The van der Waals surface area contributed by atoms with Crippen LogP contribution in [0.3, 0.4) is 0 Å². The maximum absolute atomic E-state index is 12.9. The van der Waals surface area contributed by atoms with Gasteiger partial charge in [-0.3, -0.25) is 4.79 Å². The molecule has 1 atom stereocenters. The highest BCUT2D eigenvalue weighted by Crippen LogP contribution is 2.31. The molecule has 1 aliphatic carbocycles. The summed E-state index contributed by atoms with van der Waals surface area (Å²) >= 11 is 0. The molecule has 0 radical (unpaired) electrons. The molecule has 0 N–H and O–H groups in total. The lowest BCUT2D eigenvalue weighted by Gasteiger charge is -2.27. The van der Waals surface area contributed by atoms with Crippen LogP contribution >= 0.6 is 0 Å². The fourth-order valence-corrected chi connectivity index (χ4v) is 4.38. The van der Waals surface area contributed by atoms with Gasteiger partial charge in [-0.2, -0.15) is 5.10 Å². The molecular weight excluding hydrogens is 300 g/mol. The van der Waals surface area contributed by atoms with Crippen molar-refractivity contribution in [2.45, 2.75) is 64.5 Å². The topological polar surface area (TPSA) is 51.0 Å². The van der Waals surface area contributed by atoms with Gasteiger partial charge in [0.1, 0.15) is 0 Å². The Bertz CT molecular complexity index is 745. The lowest BCUT2D eigenvalue weighted by molar-refractivity contribution is 0.0701. The third-order valence-corrected chi connectivity index (χ3v) is 5.68. The van der Waals surface area contributed by atoms with Crippen molar-refractivity contribution in [2.75, 3.05) is 6.54 Å². The second-order valence-corrected chi connectivity index (χ2v) is 7.62. The molecule has 1 saturated carbocycles. The van der Waals surface area contributed by atoms with Gasteiger partial charge in [0.05, 0.1) is 17.8 Å². The summed E-state index contributed by atoms with van der Waals surface area (Å²) in [6, 6.07) is 2.80. The van der Waals surface area contributed by atoms with E-state index in [0.717, 1.165) is 30.4 Å². The van der Waals surface area contributed by atoms with Crippen molar-refractivity contribution < 1.29 is 4.79 Å². The monoisotopic (exact) mass is 326 g/mol. The van der Waals surface area contributed by atoms with Gasteiger partial charge in [-0.15, -0.1) is 0 Å². The van der Waals surface area contributed by atoms with Gasteiger partial charge in [0, 0.05) is 24.2 Å². The van der Waals surface area contributed by atoms with Crippen LogP contribution in [0.4, 0.5) is 0 Å². The van der Waals surface area contributed by atoms with Crippen LogP contribution in [0.1, 0.15) is 68.8 Å². The minimum Gasteiger partial charge on any atom is -0.335 e. The summed E-state index contributed by atoms with van der Waals surface area (Å²) in [4.78, 5) is 19.6. The second kappa shape index (κ2) is 6.19. The second-order valence-electron chi connectivity index (χ2n) is 7.62. The summed E-state index contributed by atoms with van der Waals surface area (Å²) in [5.41, 5.74) is 1.61. The maximum atomic E-state index is 12.9. The average Bonchev–Trinajstić information content (AvgIpc) is 3.31. The van der Waals surface area contributed by atoms with Crippen LogP contribution < -0.4 is 0 Å². The highest BCUT2D eigenvalue weighted by molar-refractivity contribution is 5.97. The first-order valence-corrected chi connectivity index (χ1v) is 9.29. The number of carbonyl (C=O) groups excluding carboxylic acids is 1. The minimum atomic E-state index is 0.120. The van der Waals surface area contributed by atoms with Crippen molar-refractivity contribution >= 4 is 16.9 Å². The highest BCUT2D eigenvalue weighted by atomic mass is 16.2. The summed E-state index contributed by atoms with van der Waals surface area (Å²) in [7, 11) is 0. The van der Waals surface area contributed by atoms with Gasteiger partial charge in [0.25, 0.3) is 5.91 Å². The first kappa shape index (κ1) is 15.6. The van der Waals surface area contributed by atoms with Gasteiger partial charge >= 0.3 is 0 Å². The Morgan fingerprint density at radius 3 is 2.71 bits per heavy atom. The third-order valence-electron chi connectivity index (χ3n) is 5.68. The number of fused-ring (bicyclic) bond motifs is 1. The Morgan fingerprint density at radius 1 is 1.17 bits per heavy atom. The van der Waals surface area contributed by atoms with Crippen molar-refractivity contribution in [3.63, 3.8) is 0 Å². The molecule has 2 aromatic heterocycles. The van der Waals surface area contributed by atoms with E-state index in [0.29, 0.717) is 23.6 Å². The number of amides is 1. The van der Waals surface area contributed by atoms with Crippen LogP contribution in [0.25, 0.3) is 11.0 Å². The molecular formula is C19H26N4O. The fourth-order valence-electron chi connectivity index (χ4n) is 4.38. The number of hydrogen-bond donors (Lipinski definition) is 0. The number of pyridine rings is 1. The standard InChI is InChI=1S/C19H26N4O/c1-13(2)17-8-5-9-22(17)19(24)15-10-14-12-21-23(18(14)20-11-15)16-6-3-4-7-16/h10-13,16-17H,3-9H2,1-2H3/t17-/m0/s1. The van der Waals surface area contributed by atoms with E-state index in [1.807, 2.05) is 17.2 Å². The summed E-state index contributed by atoms with van der Waals surface area (Å²) in [6.07, 6.45) is 10.7. The molecule has 4 rings (SSSR count). The largest absolute Gasteiger partial charge is 0.335 e. The van der Waals surface area contributed by atoms with Gasteiger partial charge in [0.15, 0.2) is 5.65 Å². The highest BCUT2D eigenvalue weighted by Gasteiger charge is 2.31. The zero-order chi connectivity index (χ0) is 16.7. The van der Waals surface area contributed by atoms with Crippen LogP contribution in [0.15, 0.2) is 18.5 Å². The predicted octanol–water partition coefficient (Wildman–Crippen LogP) is 3.81. The minimum absolute atomic E-state index is 0.120. The van der Waals surface area contributed by atoms with Crippen LogP contribution in [-0.2, 0) is 0 Å². The van der Waals surface area contributed by atoms with Crippen LogP contribution in [0.5, 0.6) is 0 Å². The lowest BCUT2D eigenvalue weighted by Crippen LogP contribution is -2.38. The number of carbonyl (C=O) groups is 1. The molecule has 2 aliphatic rings. The molecule has 1 aliphatic heterocycles. The van der Waals surface area contributed by atoms with E-state index < -0.39 is 0 Å². The maximum Gasteiger partial charge on any atom is 0.255 e. The Balaban J connectivity index is 1.62. The molecule has 2 aromatic rings. The first-order chi connectivity index (χ1) is 11.6. The van der Waals surface area contributed by atoms with E-state index in [9.17, 15) is 4.79 Å². The van der Waals surface area contributed by atoms with E-state index in [1.54, 1.807) is 6.20 Å². The van der Waals surface area contributed by atoms with Crippen LogP contribution in [-0.4, -0.2) is 38.2 Å². The zero-order valence-corrected chi connectivity index (χ0v) is 14.6. The number of aromatic nitrogens is 3. The summed E-state index contributed by atoms with van der Waals surface area (Å²) in [5, 5.41) is 5.53. The number of hydrogen-bond acceptors (Lipinski definition) is 3. The Hall–Kier alpha value is -1.91. The summed E-state index contributed by atoms with van der Waals surface area (Å²) < 4.78 is 2.06. The molecule has 5 nitrogen and oxygen atoms in total. The van der Waals surface area contributed by atoms with Crippen molar-refractivity contribution in [1.29, 1.82) is 0 Å². The quantitative estimate of drug-likeness (QED) is 0.862. The lowest BCUT2D eigenvalue weighted by atomic mass is 10.0. The predicted molar refractivity (Wildman–Crippen MR) is 93.9 cm³/mol. The SMILES string of the molecule is CC(C)[C@@H]1CCCN1C(=O)c1cnc2c(cnn2C2CCCC2)c1. The van der Waals surface area contributed by atoms with E-state index in [1.165, 1.54) is 25.7 Å². The van der Waals surface area contributed by atoms with Crippen molar-refractivity contribution in [2.24, 2.45) is 5.92 Å². The molecule has 128 valence electrons. The van der Waals surface area contributed by atoms with Gasteiger partial charge in [0.2, 0.25) is 0 Å². The summed E-state index contributed by atoms with van der Waals surface area (Å²) in [6.45, 7) is 5.26. The van der Waals surface area contributed by atoms with Crippen molar-refractivity contribution in [3.05, 3.63) is 24.0 Å². The molecule has 0 unspecified atom stereocenters. The first-order valence-electron chi connectivity index (χ1n) is 9.29. The van der Waals surface area contributed by atoms with E-state index in [-0.39, 0.29) is 5.91 Å². The Labute approximate surface area is 143 Å².